The molecule has 0 spiro atoms. The van der Waals surface area contributed by atoms with Crippen LogP contribution in [0.3, 0.4) is 0 Å². The van der Waals surface area contributed by atoms with Gasteiger partial charge in [0.05, 0.1) is 0 Å². The van der Waals surface area contributed by atoms with E-state index in [-0.39, 0.29) is 23.7 Å². The summed E-state index contributed by atoms with van der Waals surface area (Å²) in [7, 11) is 0. The van der Waals surface area contributed by atoms with Crippen molar-refractivity contribution in [1.82, 2.24) is 5.32 Å². The molecule has 0 radical (unpaired) electrons. The SMILES string of the molecule is O=C1CC[C@@H]([N+](=O)[O-])[C@@H](c2cccc(Oc3ccccc3)c2)N1. The van der Waals surface area contributed by atoms with Crippen LogP contribution < -0.4 is 10.1 Å². The highest BCUT2D eigenvalue weighted by Gasteiger charge is 2.38. The second kappa shape index (κ2) is 6.48. The summed E-state index contributed by atoms with van der Waals surface area (Å²) in [6.07, 6.45) is 0.426. The topological polar surface area (TPSA) is 81.5 Å². The Kier molecular flexibility index (Phi) is 4.23. The first-order valence-corrected chi connectivity index (χ1v) is 7.39. The third-order valence-corrected chi connectivity index (χ3v) is 3.84. The molecular weight excluding hydrogens is 296 g/mol. The van der Waals surface area contributed by atoms with E-state index in [1.807, 2.05) is 30.3 Å². The summed E-state index contributed by atoms with van der Waals surface area (Å²) in [4.78, 5) is 22.5. The molecular formula is C17H16N2O4. The van der Waals surface area contributed by atoms with Gasteiger partial charge in [-0.05, 0) is 29.8 Å². The molecule has 0 saturated carbocycles. The van der Waals surface area contributed by atoms with Crippen LogP contribution in [0.2, 0.25) is 0 Å². The molecule has 1 heterocycles. The predicted molar refractivity (Wildman–Crippen MR) is 83.9 cm³/mol. The van der Waals surface area contributed by atoms with Gasteiger partial charge >= 0.3 is 0 Å². The number of benzene rings is 2. The molecule has 0 bridgehead atoms. The van der Waals surface area contributed by atoms with Gasteiger partial charge < -0.3 is 10.1 Å². The van der Waals surface area contributed by atoms with E-state index in [1.165, 1.54) is 0 Å². The van der Waals surface area contributed by atoms with Crippen LogP contribution in [0.1, 0.15) is 24.4 Å². The Hall–Kier alpha value is -2.89. The average molecular weight is 312 g/mol. The van der Waals surface area contributed by atoms with E-state index in [1.54, 1.807) is 24.3 Å². The van der Waals surface area contributed by atoms with E-state index < -0.39 is 12.1 Å². The van der Waals surface area contributed by atoms with Gasteiger partial charge in [0.15, 0.2) is 0 Å². The molecule has 2 aromatic carbocycles. The summed E-state index contributed by atoms with van der Waals surface area (Å²) in [6, 6.07) is 14.9. The van der Waals surface area contributed by atoms with E-state index in [0.29, 0.717) is 17.1 Å². The van der Waals surface area contributed by atoms with Crippen LogP contribution in [0.15, 0.2) is 54.6 Å². The Morgan fingerprint density at radius 1 is 1.09 bits per heavy atom. The zero-order valence-electron chi connectivity index (χ0n) is 12.3. The van der Waals surface area contributed by atoms with Gasteiger partial charge in [-0.2, -0.15) is 0 Å². The fraction of sp³-hybridized carbons (Fsp3) is 0.235. The number of piperidine rings is 1. The molecule has 1 amide bonds. The zero-order chi connectivity index (χ0) is 16.2. The minimum Gasteiger partial charge on any atom is -0.457 e. The number of nitrogens with zero attached hydrogens (tertiary/aromatic N) is 1. The number of nitro groups is 1. The van der Waals surface area contributed by atoms with Crippen LogP contribution in [-0.4, -0.2) is 16.9 Å². The van der Waals surface area contributed by atoms with Crippen molar-refractivity contribution in [2.75, 3.05) is 0 Å². The maximum Gasteiger partial charge on any atom is 0.237 e. The van der Waals surface area contributed by atoms with Gasteiger partial charge in [-0.1, -0.05) is 30.3 Å². The van der Waals surface area contributed by atoms with E-state index in [0.717, 1.165) is 0 Å². The first-order chi connectivity index (χ1) is 11.1. The highest BCUT2D eigenvalue weighted by molar-refractivity contribution is 5.77. The van der Waals surface area contributed by atoms with Crippen molar-refractivity contribution in [1.29, 1.82) is 0 Å². The van der Waals surface area contributed by atoms with Crippen LogP contribution in [0.25, 0.3) is 0 Å². The summed E-state index contributed by atoms with van der Waals surface area (Å²) >= 11 is 0. The Bertz CT molecular complexity index is 718. The number of rotatable bonds is 4. The van der Waals surface area contributed by atoms with Crippen LogP contribution >= 0.6 is 0 Å². The van der Waals surface area contributed by atoms with E-state index >= 15 is 0 Å². The van der Waals surface area contributed by atoms with Crippen molar-refractivity contribution in [3.8, 4) is 11.5 Å². The molecule has 1 aliphatic rings. The van der Waals surface area contributed by atoms with Crippen LogP contribution in [0, 0.1) is 10.1 Å². The molecule has 2 atom stereocenters. The summed E-state index contributed by atoms with van der Waals surface area (Å²) in [5, 5.41) is 14.0. The van der Waals surface area contributed by atoms with E-state index in [9.17, 15) is 14.9 Å². The van der Waals surface area contributed by atoms with Crippen molar-refractivity contribution >= 4 is 5.91 Å². The third kappa shape index (κ3) is 3.48. The molecule has 1 saturated heterocycles. The molecule has 2 aromatic rings. The normalized spacial score (nSPS) is 20.6. The number of para-hydroxylation sites is 1. The first-order valence-electron chi connectivity index (χ1n) is 7.39. The molecule has 1 N–H and O–H groups in total. The van der Waals surface area contributed by atoms with Gasteiger partial charge in [0, 0.05) is 17.8 Å². The second-order valence-electron chi connectivity index (χ2n) is 5.42. The lowest BCUT2D eigenvalue weighted by Gasteiger charge is -2.27. The second-order valence-corrected chi connectivity index (χ2v) is 5.42. The van der Waals surface area contributed by atoms with Crippen molar-refractivity contribution < 1.29 is 14.5 Å². The Morgan fingerprint density at radius 3 is 2.57 bits per heavy atom. The predicted octanol–water partition coefficient (Wildman–Crippen LogP) is 3.08. The Balaban J connectivity index is 1.85. The van der Waals surface area contributed by atoms with Crippen molar-refractivity contribution in [2.24, 2.45) is 0 Å². The van der Waals surface area contributed by atoms with Gasteiger partial charge in [-0.25, -0.2) is 0 Å². The Morgan fingerprint density at radius 2 is 1.83 bits per heavy atom. The standard InChI is InChI=1S/C17H16N2O4/c20-16-10-9-15(19(21)22)17(18-16)12-5-4-8-14(11-12)23-13-6-2-1-3-7-13/h1-8,11,15,17H,9-10H2,(H,18,20)/t15-,17-/m1/s1. The molecule has 118 valence electrons. The lowest BCUT2D eigenvalue weighted by molar-refractivity contribution is -0.529. The van der Waals surface area contributed by atoms with Crippen molar-refractivity contribution in [3.05, 3.63) is 70.3 Å². The van der Waals surface area contributed by atoms with E-state index in [4.69, 9.17) is 4.74 Å². The molecule has 0 aromatic heterocycles. The molecule has 1 aliphatic heterocycles. The molecule has 0 aliphatic carbocycles. The number of carbonyl (C=O) groups excluding carboxylic acids is 1. The Labute approximate surface area is 133 Å². The number of nitrogens with one attached hydrogen (secondary N) is 1. The molecule has 1 fully saturated rings. The number of hydrogen-bond acceptors (Lipinski definition) is 4. The highest BCUT2D eigenvalue weighted by atomic mass is 16.6. The molecule has 6 heteroatoms. The lowest BCUT2D eigenvalue weighted by atomic mass is 9.92. The van der Waals surface area contributed by atoms with Crippen molar-refractivity contribution in [2.45, 2.75) is 24.9 Å². The molecule has 3 rings (SSSR count). The van der Waals surface area contributed by atoms with Gasteiger partial charge in [0.25, 0.3) is 0 Å². The molecule has 6 nitrogen and oxygen atoms in total. The van der Waals surface area contributed by atoms with Gasteiger partial charge in [0.1, 0.15) is 17.5 Å². The number of amides is 1. The highest BCUT2D eigenvalue weighted by Crippen LogP contribution is 2.30. The number of carbonyl (C=O) groups is 1. The zero-order valence-corrected chi connectivity index (χ0v) is 12.3. The monoisotopic (exact) mass is 312 g/mol. The van der Waals surface area contributed by atoms with Crippen LogP contribution in [-0.2, 0) is 4.79 Å². The van der Waals surface area contributed by atoms with Gasteiger partial charge in [0.2, 0.25) is 11.9 Å². The maximum atomic E-state index is 11.6. The fourth-order valence-electron chi connectivity index (χ4n) is 2.72. The number of ether oxygens (including phenoxy) is 1. The quantitative estimate of drug-likeness (QED) is 0.695. The molecule has 0 unspecified atom stereocenters. The summed E-state index contributed by atoms with van der Waals surface area (Å²) in [5.41, 5.74) is 0.674. The summed E-state index contributed by atoms with van der Waals surface area (Å²) < 4.78 is 5.75. The minimum atomic E-state index is -0.820. The lowest BCUT2D eigenvalue weighted by Crippen LogP contribution is -2.45. The minimum absolute atomic E-state index is 0.164. The van der Waals surface area contributed by atoms with Gasteiger partial charge in [-0.15, -0.1) is 0 Å². The van der Waals surface area contributed by atoms with Crippen LogP contribution in [0.4, 0.5) is 0 Å². The smallest absolute Gasteiger partial charge is 0.237 e. The summed E-state index contributed by atoms with van der Waals surface area (Å²) in [5.74, 6) is 1.10. The fourth-order valence-corrected chi connectivity index (χ4v) is 2.72. The van der Waals surface area contributed by atoms with Crippen molar-refractivity contribution in [3.63, 3.8) is 0 Å². The van der Waals surface area contributed by atoms with Gasteiger partial charge in [-0.3, -0.25) is 14.9 Å². The summed E-state index contributed by atoms with van der Waals surface area (Å²) in [6.45, 7) is 0. The van der Waals surface area contributed by atoms with E-state index in [2.05, 4.69) is 5.32 Å². The molecule has 23 heavy (non-hydrogen) atoms. The number of hydrogen-bond donors (Lipinski definition) is 1. The first kappa shape index (κ1) is 15.0. The largest absolute Gasteiger partial charge is 0.457 e. The average Bonchev–Trinajstić information content (AvgIpc) is 2.55. The maximum absolute atomic E-state index is 11.6. The van der Waals surface area contributed by atoms with Crippen LogP contribution in [0.5, 0.6) is 11.5 Å². The third-order valence-electron chi connectivity index (χ3n) is 3.84.